The molecule has 0 radical (unpaired) electrons. The van der Waals surface area contributed by atoms with E-state index in [9.17, 15) is 4.79 Å². The van der Waals surface area contributed by atoms with Gasteiger partial charge in [0.2, 0.25) is 0 Å². The zero-order chi connectivity index (χ0) is 6.69. The van der Waals surface area contributed by atoms with Crippen molar-refractivity contribution < 1.29 is 4.79 Å². The average molecular weight is 121 g/mol. The number of nitriles is 1. The minimum Gasteiger partial charge on any atom is -0.297 e. The lowest BCUT2D eigenvalue weighted by Crippen LogP contribution is -1.78. The monoisotopic (exact) mass is 121 g/mol. The molecule has 2 nitrogen and oxygen atoms in total. The Balaban J connectivity index is 2.54. The predicted molar refractivity (Wildman–Crippen MR) is 32.5 cm³/mol. The Morgan fingerprint density at radius 3 is 2.67 bits per heavy atom. The summed E-state index contributed by atoms with van der Waals surface area (Å²) in [4.78, 5) is 10.0. The second-order valence-corrected chi connectivity index (χ2v) is 2.19. The van der Waals surface area contributed by atoms with E-state index in [0.717, 1.165) is 12.8 Å². The van der Waals surface area contributed by atoms with Gasteiger partial charge in [0.15, 0.2) is 6.29 Å². The topological polar surface area (TPSA) is 40.9 Å². The molecule has 0 unspecified atom stereocenters. The van der Waals surface area contributed by atoms with Crippen molar-refractivity contribution in [1.29, 1.82) is 5.26 Å². The number of nitrogens with zero attached hydrogens (tertiary/aromatic N) is 1. The number of hydrogen-bond donors (Lipinski definition) is 0. The molecule has 0 atom stereocenters. The van der Waals surface area contributed by atoms with E-state index in [-0.39, 0.29) is 5.57 Å². The Labute approximate surface area is 53.8 Å². The molecule has 0 amide bonds. The zero-order valence-electron chi connectivity index (χ0n) is 5.00. The molecule has 0 N–H and O–H groups in total. The van der Waals surface area contributed by atoms with Crippen LogP contribution in [-0.2, 0) is 4.79 Å². The molecule has 1 aliphatic rings. The maximum Gasteiger partial charge on any atom is 0.160 e. The average Bonchev–Trinajstić information content (AvgIpc) is 2.66. The van der Waals surface area contributed by atoms with Crippen molar-refractivity contribution >= 4 is 6.29 Å². The number of allylic oxidation sites excluding steroid dienone is 2. The van der Waals surface area contributed by atoms with Crippen LogP contribution in [0.5, 0.6) is 0 Å². The maximum atomic E-state index is 10.0. The first-order valence-electron chi connectivity index (χ1n) is 2.94. The van der Waals surface area contributed by atoms with Crippen molar-refractivity contribution in [2.24, 2.45) is 5.92 Å². The van der Waals surface area contributed by atoms with E-state index in [4.69, 9.17) is 5.26 Å². The number of aldehydes is 1. The number of hydrogen-bond acceptors (Lipinski definition) is 2. The SMILES string of the molecule is N#CC(C=O)=CC1CC1. The van der Waals surface area contributed by atoms with Crippen LogP contribution >= 0.6 is 0 Å². The lowest BCUT2D eigenvalue weighted by molar-refractivity contribution is -0.104. The highest BCUT2D eigenvalue weighted by atomic mass is 16.1. The quantitative estimate of drug-likeness (QED) is 0.311. The zero-order valence-corrected chi connectivity index (χ0v) is 5.00. The van der Waals surface area contributed by atoms with Gasteiger partial charge in [-0.25, -0.2) is 0 Å². The predicted octanol–water partition coefficient (Wildman–Crippen LogP) is 1.05. The summed E-state index contributed by atoms with van der Waals surface area (Å²) in [5.74, 6) is 0.518. The fourth-order valence-corrected chi connectivity index (χ4v) is 0.620. The van der Waals surface area contributed by atoms with Gasteiger partial charge in [0.05, 0.1) is 5.57 Å². The molecule has 1 saturated carbocycles. The van der Waals surface area contributed by atoms with E-state index in [1.165, 1.54) is 0 Å². The Kier molecular flexibility index (Phi) is 1.64. The largest absolute Gasteiger partial charge is 0.297 e. The fourth-order valence-electron chi connectivity index (χ4n) is 0.620. The molecule has 9 heavy (non-hydrogen) atoms. The van der Waals surface area contributed by atoms with E-state index in [2.05, 4.69) is 0 Å². The van der Waals surface area contributed by atoms with Gasteiger partial charge < -0.3 is 0 Å². The first-order valence-corrected chi connectivity index (χ1v) is 2.94. The lowest BCUT2D eigenvalue weighted by Gasteiger charge is -1.79. The summed E-state index contributed by atoms with van der Waals surface area (Å²) in [7, 11) is 0. The second kappa shape index (κ2) is 2.45. The summed E-state index contributed by atoms with van der Waals surface area (Å²) in [6, 6.07) is 1.82. The van der Waals surface area contributed by atoms with Crippen molar-refractivity contribution in [3.63, 3.8) is 0 Å². The van der Waals surface area contributed by atoms with E-state index in [1.807, 2.05) is 6.07 Å². The first-order chi connectivity index (χ1) is 4.36. The molecule has 0 spiro atoms. The molecule has 0 saturated heterocycles. The van der Waals surface area contributed by atoms with E-state index in [0.29, 0.717) is 12.2 Å². The molecule has 0 aliphatic heterocycles. The summed E-state index contributed by atoms with van der Waals surface area (Å²) in [5.41, 5.74) is 0.275. The van der Waals surface area contributed by atoms with Crippen molar-refractivity contribution in [3.05, 3.63) is 11.6 Å². The molecular formula is C7H7NO. The molecule has 1 aliphatic carbocycles. The van der Waals surface area contributed by atoms with Crippen LogP contribution < -0.4 is 0 Å². The van der Waals surface area contributed by atoms with Crippen LogP contribution in [0, 0.1) is 17.2 Å². The van der Waals surface area contributed by atoms with Crippen LogP contribution in [0.4, 0.5) is 0 Å². The highest BCUT2D eigenvalue weighted by molar-refractivity contribution is 5.78. The Morgan fingerprint density at radius 2 is 2.33 bits per heavy atom. The highest BCUT2D eigenvalue weighted by Crippen LogP contribution is 2.30. The van der Waals surface area contributed by atoms with E-state index in [1.54, 1.807) is 6.08 Å². The number of carbonyl (C=O) groups excluding carboxylic acids is 1. The third kappa shape index (κ3) is 1.69. The molecule has 46 valence electrons. The van der Waals surface area contributed by atoms with Crippen LogP contribution in [0.1, 0.15) is 12.8 Å². The first kappa shape index (κ1) is 6.03. The van der Waals surface area contributed by atoms with Crippen LogP contribution in [-0.4, -0.2) is 6.29 Å². The summed E-state index contributed by atoms with van der Waals surface area (Å²) >= 11 is 0. The molecule has 1 rings (SSSR count). The standard InChI is InChI=1S/C7H7NO/c8-4-7(5-9)3-6-1-2-6/h3,5-6H,1-2H2. The number of carbonyl (C=O) groups is 1. The lowest BCUT2D eigenvalue weighted by atomic mass is 10.2. The van der Waals surface area contributed by atoms with Crippen molar-refractivity contribution in [1.82, 2.24) is 0 Å². The van der Waals surface area contributed by atoms with Gasteiger partial charge >= 0.3 is 0 Å². The normalized spacial score (nSPS) is 18.8. The smallest absolute Gasteiger partial charge is 0.160 e. The number of rotatable bonds is 2. The summed E-state index contributed by atoms with van der Waals surface area (Å²) in [5, 5.41) is 8.25. The molecule has 0 aromatic carbocycles. The molecule has 0 aromatic heterocycles. The van der Waals surface area contributed by atoms with Gasteiger partial charge in [0.1, 0.15) is 6.07 Å². The van der Waals surface area contributed by atoms with Crippen molar-refractivity contribution in [2.75, 3.05) is 0 Å². The summed E-state index contributed by atoms with van der Waals surface area (Å²) in [6.07, 6.45) is 4.63. The van der Waals surface area contributed by atoms with Crippen LogP contribution in [0.15, 0.2) is 11.6 Å². The Morgan fingerprint density at radius 1 is 1.67 bits per heavy atom. The van der Waals surface area contributed by atoms with Gasteiger partial charge in [-0.05, 0) is 18.8 Å². The highest BCUT2D eigenvalue weighted by Gasteiger charge is 2.18. The third-order valence-corrected chi connectivity index (χ3v) is 1.29. The van der Waals surface area contributed by atoms with Crippen molar-refractivity contribution in [2.45, 2.75) is 12.8 Å². The minimum atomic E-state index is 0.275. The molecule has 0 heterocycles. The third-order valence-electron chi connectivity index (χ3n) is 1.29. The van der Waals surface area contributed by atoms with Gasteiger partial charge in [-0.15, -0.1) is 0 Å². The summed E-state index contributed by atoms with van der Waals surface area (Å²) < 4.78 is 0. The van der Waals surface area contributed by atoms with Crippen LogP contribution in [0.2, 0.25) is 0 Å². The minimum absolute atomic E-state index is 0.275. The molecular weight excluding hydrogens is 114 g/mol. The second-order valence-electron chi connectivity index (χ2n) is 2.19. The van der Waals surface area contributed by atoms with Crippen LogP contribution in [0.3, 0.4) is 0 Å². The Bertz CT molecular complexity index is 184. The Hall–Kier alpha value is -1.10. The van der Waals surface area contributed by atoms with Gasteiger partial charge in [0.25, 0.3) is 0 Å². The fraction of sp³-hybridized carbons (Fsp3) is 0.429. The van der Waals surface area contributed by atoms with Gasteiger partial charge in [-0.3, -0.25) is 4.79 Å². The molecule has 0 aromatic rings. The van der Waals surface area contributed by atoms with Crippen molar-refractivity contribution in [3.8, 4) is 6.07 Å². The summed E-state index contributed by atoms with van der Waals surface area (Å²) in [6.45, 7) is 0. The van der Waals surface area contributed by atoms with Gasteiger partial charge in [0, 0.05) is 0 Å². The maximum absolute atomic E-state index is 10.0. The van der Waals surface area contributed by atoms with Gasteiger partial charge in [-0.2, -0.15) is 5.26 Å². The van der Waals surface area contributed by atoms with E-state index < -0.39 is 0 Å². The molecule has 2 heteroatoms. The molecule has 0 bridgehead atoms. The van der Waals surface area contributed by atoms with E-state index >= 15 is 0 Å². The van der Waals surface area contributed by atoms with Gasteiger partial charge in [-0.1, -0.05) is 6.08 Å². The van der Waals surface area contributed by atoms with Crippen LogP contribution in [0.25, 0.3) is 0 Å². The molecule has 1 fully saturated rings.